The van der Waals surface area contributed by atoms with Gasteiger partial charge in [-0.25, -0.2) is 4.39 Å². The third-order valence-electron chi connectivity index (χ3n) is 5.12. The fraction of sp³-hybridized carbons (Fsp3) is 0.304. The largest absolute Gasteiger partial charge is 0.349 e. The number of carbonyl (C=O) groups is 2. The molecule has 150 valence electrons. The molecular weight excluding hydrogens is 435 g/mol. The van der Waals surface area contributed by atoms with E-state index in [9.17, 15) is 14.0 Å². The van der Waals surface area contributed by atoms with E-state index >= 15 is 0 Å². The highest BCUT2D eigenvalue weighted by Gasteiger charge is 2.31. The van der Waals surface area contributed by atoms with Gasteiger partial charge in [-0.3, -0.25) is 9.59 Å². The number of rotatable bonds is 7. The van der Waals surface area contributed by atoms with Crippen LogP contribution in [0, 0.1) is 5.82 Å². The number of carbonyl (C=O) groups excluding carboxylic acids is 2. The van der Waals surface area contributed by atoms with Gasteiger partial charge in [0.05, 0.1) is 0 Å². The van der Waals surface area contributed by atoms with E-state index in [1.165, 1.54) is 18.2 Å². The molecule has 2 aliphatic rings. The fourth-order valence-corrected chi connectivity index (χ4v) is 3.51. The standard InChI is InChI=1S/C23H22BrFN2O2/c24-18-6-11-21(25)17(13-18)5-12-22(28)27(20-9-10-20)14-15-1-3-16(4-2-15)23(29)26-19-7-8-19/h1-6,11-13,19-20H,7-10,14H2,(H,26,29)/b12-5+. The van der Waals surface area contributed by atoms with Crippen molar-refractivity contribution in [3.05, 3.63) is 75.5 Å². The van der Waals surface area contributed by atoms with Gasteiger partial charge < -0.3 is 10.2 Å². The number of hydrogen-bond donors (Lipinski definition) is 1. The quantitative estimate of drug-likeness (QED) is 0.614. The molecule has 0 aromatic heterocycles. The summed E-state index contributed by atoms with van der Waals surface area (Å²) in [5.41, 5.74) is 1.97. The first-order chi connectivity index (χ1) is 14.0. The Balaban J connectivity index is 1.42. The van der Waals surface area contributed by atoms with Gasteiger partial charge in [0.1, 0.15) is 5.82 Å². The Labute approximate surface area is 177 Å². The molecule has 0 bridgehead atoms. The zero-order chi connectivity index (χ0) is 20.4. The first kappa shape index (κ1) is 19.8. The van der Waals surface area contributed by atoms with Gasteiger partial charge in [-0.15, -0.1) is 0 Å². The lowest BCUT2D eigenvalue weighted by Crippen LogP contribution is -2.31. The van der Waals surface area contributed by atoms with Gasteiger partial charge in [-0.2, -0.15) is 0 Å². The SMILES string of the molecule is O=C(NC1CC1)c1ccc(CN(C(=O)/C=C/c2cc(Br)ccc2F)C2CC2)cc1. The average Bonchev–Trinajstić information content (AvgIpc) is 3.62. The van der Waals surface area contributed by atoms with Crippen LogP contribution in [0.4, 0.5) is 4.39 Å². The molecule has 0 heterocycles. The number of halogens is 2. The predicted octanol–water partition coefficient (Wildman–Crippen LogP) is 4.68. The summed E-state index contributed by atoms with van der Waals surface area (Å²) >= 11 is 3.32. The van der Waals surface area contributed by atoms with Crippen LogP contribution in [0.25, 0.3) is 6.08 Å². The molecule has 2 aliphatic carbocycles. The molecule has 0 unspecified atom stereocenters. The Hall–Kier alpha value is -2.47. The monoisotopic (exact) mass is 456 g/mol. The van der Waals surface area contributed by atoms with E-state index in [0.717, 1.165) is 35.7 Å². The summed E-state index contributed by atoms with van der Waals surface area (Å²) in [6.07, 6.45) is 7.02. The Morgan fingerprint density at radius 3 is 2.48 bits per heavy atom. The molecular formula is C23H22BrFN2O2. The number of nitrogens with zero attached hydrogens (tertiary/aromatic N) is 1. The van der Waals surface area contributed by atoms with Crippen LogP contribution in [0.5, 0.6) is 0 Å². The van der Waals surface area contributed by atoms with E-state index in [2.05, 4.69) is 21.2 Å². The lowest BCUT2D eigenvalue weighted by molar-refractivity contribution is -0.127. The second-order valence-electron chi connectivity index (χ2n) is 7.64. The summed E-state index contributed by atoms with van der Waals surface area (Å²) in [5.74, 6) is -0.550. The molecule has 4 rings (SSSR count). The first-order valence-corrected chi connectivity index (χ1v) is 10.6. The third kappa shape index (κ3) is 5.32. The fourth-order valence-electron chi connectivity index (χ4n) is 3.13. The van der Waals surface area contributed by atoms with Gasteiger partial charge >= 0.3 is 0 Å². The lowest BCUT2D eigenvalue weighted by atomic mass is 10.1. The number of nitrogens with one attached hydrogen (secondary N) is 1. The highest BCUT2D eigenvalue weighted by Crippen LogP contribution is 2.29. The highest BCUT2D eigenvalue weighted by molar-refractivity contribution is 9.10. The molecule has 4 nitrogen and oxygen atoms in total. The predicted molar refractivity (Wildman–Crippen MR) is 114 cm³/mol. The molecule has 0 aliphatic heterocycles. The van der Waals surface area contributed by atoms with Crippen molar-refractivity contribution in [3.63, 3.8) is 0 Å². The first-order valence-electron chi connectivity index (χ1n) is 9.83. The summed E-state index contributed by atoms with van der Waals surface area (Å²) in [4.78, 5) is 26.7. The molecule has 0 radical (unpaired) electrons. The number of hydrogen-bond acceptors (Lipinski definition) is 2. The summed E-state index contributed by atoms with van der Waals surface area (Å²) in [7, 11) is 0. The van der Waals surface area contributed by atoms with Crippen molar-refractivity contribution in [2.45, 2.75) is 44.3 Å². The minimum Gasteiger partial charge on any atom is -0.349 e. The van der Waals surface area contributed by atoms with Crippen LogP contribution in [-0.2, 0) is 11.3 Å². The van der Waals surface area contributed by atoms with Crippen LogP contribution in [-0.4, -0.2) is 28.8 Å². The Kier molecular flexibility index (Phi) is 5.81. The minimum absolute atomic E-state index is 0.0480. The summed E-state index contributed by atoms with van der Waals surface area (Å²) in [6.45, 7) is 0.472. The maximum Gasteiger partial charge on any atom is 0.251 e. The topological polar surface area (TPSA) is 49.4 Å². The highest BCUT2D eigenvalue weighted by atomic mass is 79.9. The maximum absolute atomic E-state index is 13.9. The van der Waals surface area contributed by atoms with Gasteiger partial charge in [0.2, 0.25) is 5.91 Å². The molecule has 2 fully saturated rings. The Bertz CT molecular complexity index is 950. The molecule has 2 saturated carbocycles. The average molecular weight is 457 g/mol. The summed E-state index contributed by atoms with van der Waals surface area (Å²) in [6, 6.07) is 12.6. The van der Waals surface area contributed by atoms with E-state index in [1.807, 2.05) is 17.0 Å². The van der Waals surface area contributed by atoms with Crippen molar-refractivity contribution in [1.29, 1.82) is 0 Å². The van der Waals surface area contributed by atoms with Gasteiger partial charge in [0.25, 0.3) is 5.91 Å². The van der Waals surface area contributed by atoms with E-state index < -0.39 is 0 Å². The zero-order valence-corrected chi connectivity index (χ0v) is 17.5. The molecule has 2 amide bonds. The van der Waals surface area contributed by atoms with Gasteiger partial charge in [-0.05, 0) is 67.7 Å². The van der Waals surface area contributed by atoms with E-state index in [0.29, 0.717) is 23.7 Å². The minimum atomic E-state index is -0.365. The number of amides is 2. The summed E-state index contributed by atoms with van der Waals surface area (Å²) in [5, 5.41) is 2.97. The molecule has 6 heteroatoms. The Morgan fingerprint density at radius 2 is 1.83 bits per heavy atom. The lowest BCUT2D eigenvalue weighted by Gasteiger charge is -2.21. The normalized spacial score (nSPS) is 16.1. The van der Waals surface area contributed by atoms with Crippen LogP contribution >= 0.6 is 15.9 Å². The van der Waals surface area contributed by atoms with Crippen molar-refractivity contribution in [1.82, 2.24) is 10.2 Å². The van der Waals surface area contributed by atoms with Crippen LogP contribution in [0.2, 0.25) is 0 Å². The van der Waals surface area contributed by atoms with Crippen LogP contribution in [0.1, 0.15) is 47.2 Å². The van der Waals surface area contributed by atoms with Crippen LogP contribution in [0.15, 0.2) is 53.0 Å². The maximum atomic E-state index is 13.9. The van der Waals surface area contributed by atoms with Crippen molar-refractivity contribution in [3.8, 4) is 0 Å². The van der Waals surface area contributed by atoms with Crippen LogP contribution in [0.3, 0.4) is 0 Å². The van der Waals surface area contributed by atoms with Gasteiger partial charge in [-0.1, -0.05) is 28.1 Å². The molecule has 1 N–H and O–H groups in total. The van der Waals surface area contributed by atoms with Crippen molar-refractivity contribution in [2.24, 2.45) is 0 Å². The molecule has 2 aromatic carbocycles. The zero-order valence-electron chi connectivity index (χ0n) is 15.9. The molecule has 29 heavy (non-hydrogen) atoms. The summed E-state index contributed by atoms with van der Waals surface area (Å²) < 4.78 is 14.7. The molecule has 0 saturated heterocycles. The molecule has 0 atom stereocenters. The Morgan fingerprint density at radius 1 is 1.10 bits per heavy atom. The van der Waals surface area contributed by atoms with Gasteiger partial charge in [0.15, 0.2) is 0 Å². The van der Waals surface area contributed by atoms with Gasteiger partial charge in [0, 0.05) is 40.3 Å². The van der Waals surface area contributed by atoms with Crippen molar-refractivity contribution < 1.29 is 14.0 Å². The number of benzene rings is 2. The van der Waals surface area contributed by atoms with E-state index in [-0.39, 0.29) is 23.7 Å². The molecule has 0 spiro atoms. The van der Waals surface area contributed by atoms with Crippen LogP contribution < -0.4 is 5.32 Å². The third-order valence-corrected chi connectivity index (χ3v) is 5.61. The second kappa shape index (κ2) is 8.49. The van der Waals surface area contributed by atoms with Crippen molar-refractivity contribution in [2.75, 3.05) is 0 Å². The van der Waals surface area contributed by atoms with E-state index in [4.69, 9.17) is 0 Å². The van der Waals surface area contributed by atoms with Crippen molar-refractivity contribution >= 4 is 33.8 Å². The smallest absolute Gasteiger partial charge is 0.251 e. The second-order valence-corrected chi connectivity index (χ2v) is 8.56. The van der Waals surface area contributed by atoms with E-state index in [1.54, 1.807) is 24.3 Å². The molecule has 2 aromatic rings.